The molecule has 51 heavy (non-hydrogen) atoms. The van der Waals surface area contributed by atoms with Gasteiger partial charge in [0, 0.05) is 35.2 Å². The normalized spacial score (nSPS) is 20.5. The van der Waals surface area contributed by atoms with Crippen LogP contribution >= 0.6 is 0 Å². The summed E-state index contributed by atoms with van der Waals surface area (Å²) >= 11 is 0. The maximum absolute atomic E-state index is 6.74. The Bertz CT molecular complexity index is 1410. The molecule has 0 bridgehead atoms. The fourth-order valence-corrected chi connectivity index (χ4v) is 10.6. The van der Waals surface area contributed by atoms with Crippen LogP contribution in [0, 0.1) is 11.8 Å². The van der Waals surface area contributed by atoms with Gasteiger partial charge in [-0.05, 0) is 73.6 Å². The van der Waals surface area contributed by atoms with E-state index in [1.54, 1.807) is 0 Å². The summed E-state index contributed by atoms with van der Waals surface area (Å²) in [4.78, 5) is 0. The summed E-state index contributed by atoms with van der Waals surface area (Å²) in [5, 5.41) is 2.87. The molecule has 0 saturated carbocycles. The molecule has 0 fully saturated rings. The van der Waals surface area contributed by atoms with Crippen LogP contribution in [0.3, 0.4) is 0 Å². The number of benzene rings is 2. The van der Waals surface area contributed by atoms with Crippen molar-refractivity contribution < 1.29 is 14.2 Å². The van der Waals surface area contributed by atoms with Gasteiger partial charge in [-0.1, -0.05) is 152 Å². The zero-order valence-corrected chi connectivity index (χ0v) is 35.9. The van der Waals surface area contributed by atoms with E-state index in [9.17, 15) is 0 Å². The zero-order chi connectivity index (χ0) is 37.1. The van der Waals surface area contributed by atoms with Crippen LogP contribution in [0.2, 0.25) is 39.3 Å². The molecular formula is C46H70O3Si2. The fourth-order valence-electron chi connectivity index (χ4n) is 7.59. The number of hydrogen-bond donors (Lipinski definition) is 0. The number of hydrogen-bond acceptors (Lipinski definition) is 3. The Labute approximate surface area is 314 Å². The lowest BCUT2D eigenvalue weighted by Gasteiger charge is -2.36. The molecule has 0 saturated heterocycles. The van der Waals surface area contributed by atoms with E-state index in [1.807, 2.05) is 0 Å². The van der Waals surface area contributed by atoms with Crippen molar-refractivity contribution in [1.82, 2.24) is 0 Å². The van der Waals surface area contributed by atoms with Gasteiger partial charge in [0.2, 0.25) is 0 Å². The first kappa shape index (κ1) is 41.2. The molecule has 0 amide bonds. The molecule has 2 aromatic carbocycles. The van der Waals surface area contributed by atoms with Crippen molar-refractivity contribution in [1.29, 1.82) is 0 Å². The van der Waals surface area contributed by atoms with Crippen LogP contribution in [0.5, 0.6) is 11.5 Å². The van der Waals surface area contributed by atoms with Gasteiger partial charge in [0.15, 0.2) is 0 Å². The molecule has 4 rings (SSSR count). The molecule has 2 aromatic rings. The lowest BCUT2D eigenvalue weighted by atomic mass is 9.72. The fraction of sp³-hybridized carbons (Fsp3) is 0.565. The van der Waals surface area contributed by atoms with Gasteiger partial charge < -0.3 is 14.2 Å². The summed E-state index contributed by atoms with van der Waals surface area (Å²) < 4.78 is 19.9. The largest absolute Gasteiger partial charge is 0.493 e. The quantitative estimate of drug-likeness (QED) is 0.100. The third-order valence-corrected chi connectivity index (χ3v) is 14.7. The highest BCUT2D eigenvalue weighted by molar-refractivity contribution is 6.89. The van der Waals surface area contributed by atoms with Crippen LogP contribution in [0.4, 0.5) is 0 Å². The van der Waals surface area contributed by atoms with Crippen LogP contribution in [0.25, 0.3) is 0 Å². The summed E-state index contributed by atoms with van der Waals surface area (Å²) in [7, 11) is -3.23. The molecule has 0 N–H and O–H groups in total. The number of ether oxygens (including phenoxy) is 3. The highest BCUT2D eigenvalue weighted by Crippen LogP contribution is 2.43. The van der Waals surface area contributed by atoms with Gasteiger partial charge in [0.25, 0.3) is 0 Å². The molecule has 5 heteroatoms. The minimum absolute atomic E-state index is 0.0719. The number of allylic oxidation sites excluding steroid dienone is 8. The predicted octanol–water partition coefficient (Wildman–Crippen LogP) is 11.4. The Balaban J connectivity index is 1.45. The molecular weight excluding hydrogens is 657 g/mol. The molecule has 2 aliphatic rings. The Hall–Kier alpha value is -2.61. The minimum atomic E-state index is -1.62. The van der Waals surface area contributed by atoms with Crippen molar-refractivity contribution in [3.8, 4) is 11.5 Å². The lowest BCUT2D eigenvalue weighted by Crippen LogP contribution is -2.40. The second kappa shape index (κ2) is 18.4. The third kappa shape index (κ3) is 11.2. The van der Waals surface area contributed by atoms with E-state index >= 15 is 0 Å². The van der Waals surface area contributed by atoms with Crippen molar-refractivity contribution in [2.24, 2.45) is 11.8 Å². The van der Waals surface area contributed by atoms with Crippen molar-refractivity contribution in [2.75, 3.05) is 26.4 Å². The molecule has 0 spiro atoms. The molecule has 3 nitrogen and oxygen atoms in total. The summed E-state index contributed by atoms with van der Waals surface area (Å²) in [6.07, 6.45) is 26.7. The first-order chi connectivity index (χ1) is 24.2. The van der Waals surface area contributed by atoms with E-state index in [0.29, 0.717) is 11.8 Å². The van der Waals surface area contributed by atoms with Gasteiger partial charge in [-0.15, -0.1) is 0 Å². The Morgan fingerprint density at radius 3 is 1.31 bits per heavy atom. The smallest absolute Gasteiger partial charge is 0.122 e. The van der Waals surface area contributed by atoms with Crippen LogP contribution in [-0.2, 0) is 15.6 Å². The molecule has 2 atom stereocenters. The van der Waals surface area contributed by atoms with Gasteiger partial charge in [0.05, 0.1) is 29.4 Å². The van der Waals surface area contributed by atoms with Crippen LogP contribution in [0.1, 0.15) is 90.2 Å². The third-order valence-electron chi connectivity index (χ3n) is 10.7. The zero-order valence-electron chi connectivity index (χ0n) is 33.9. The topological polar surface area (TPSA) is 27.7 Å². The Morgan fingerprint density at radius 2 is 0.980 bits per heavy atom. The first-order valence-corrected chi connectivity index (χ1v) is 27.0. The monoisotopic (exact) mass is 726 g/mol. The summed E-state index contributed by atoms with van der Waals surface area (Å²) in [6.45, 7) is 26.8. The van der Waals surface area contributed by atoms with Gasteiger partial charge in [-0.3, -0.25) is 0 Å². The maximum Gasteiger partial charge on any atom is 0.122 e. The average molecular weight is 727 g/mol. The van der Waals surface area contributed by atoms with E-state index < -0.39 is 16.1 Å². The van der Waals surface area contributed by atoms with Gasteiger partial charge in [-0.2, -0.15) is 0 Å². The highest BCUT2D eigenvalue weighted by Gasteiger charge is 2.36. The van der Waals surface area contributed by atoms with Gasteiger partial charge in [0.1, 0.15) is 11.5 Å². The molecule has 0 radical (unpaired) electrons. The molecule has 0 heterocycles. The molecule has 2 unspecified atom stereocenters. The molecule has 2 aliphatic carbocycles. The van der Waals surface area contributed by atoms with Crippen molar-refractivity contribution in [3.63, 3.8) is 0 Å². The van der Waals surface area contributed by atoms with E-state index in [1.165, 1.54) is 21.5 Å². The van der Waals surface area contributed by atoms with Crippen molar-refractivity contribution in [2.45, 2.75) is 129 Å². The number of rotatable bonds is 20. The Morgan fingerprint density at radius 1 is 0.569 bits per heavy atom. The molecule has 0 aromatic heterocycles. The second-order valence-electron chi connectivity index (χ2n) is 18.0. The summed E-state index contributed by atoms with van der Waals surface area (Å²) in [5.41, 5.74) is 2.57. The lowest BCUT2D eigenvalue weighted by molar-refractivity contribution is 0.119. The summed E-state index contributed by atoms with van der Waals surface area (Å²) in [6, 6.07) is 13.9. The molecule has 280 valence electrons. The van der Waals surface area contributed by atoms with E-state index in [4.69, 9.17) is 14.2 Å². The maximum atomic E-state index is 6.74. The Kier molecular flexibility index (Phi) is 14.9. The average Bonchev–Trinajstić information content (AvgIpc) is 3.07. The standard InChI is InChI=1S/C46H70O3Si2/c1-37(2)25-35-48-43-39(21-17-23-41(43)50(5,6)7)45(27-13-11-14-28-45)31-19-33-47-34-20-32-46(29-15-12-16-30-46)40-22-18-24-42(51(8,9)10)44(40)49-36-26-38(3)4/h11-18,21-24,27,29,37-38H,19-20,25-26,28,30-36H2,1-10H3. The van der Waals surface area contributed by atoms with Crippen molar-refractivity contribution >= 4 is 26.5 Å². The molecule has 0 aliphatic heterocycles. The SMILES string of the molecule is CC(C)CCOc1c(C2(CCCOCCCC3(c4cccc([Si](C)(C)C)c4OCCC(C)C)C=CC=CC3)C=CC=CC2)cccc1[Si](C)(C)C. The van der Waals surface area contributed by atoms with E-state index in [-0.39, 0.29) is 10.8 Å². The second-order valence-corrected chi connectivity index (χ2v) is 28.1. The van der Waals surface area contributed by atoms with E-state index in [0.717, 1.165) is 89.3 Å². The summed E-state index contributed by atoms with van der Waals surface area (Å²) in [5.74, 6) is 3.56. The minimum Gasteiger partial charge on any atom is -0.493 e. The number of para-hydroxylation sites is 2. The highest BCUT2D eigenvalue weighted by atomic mass is 28.3. The van der Waals surface area contributed by atoms with Gasteiger partial charge in [-0.25, -0.2) is 0 Å². The predicted molar refractivity (Wildman–Crippen MR) is 227 cm³/mol. The first-order valence-electron chi connectivity index (χ1n) is 20.0. The van der Waals surface area contributed by atoms with Crippen LogP contribution < -0.4 is 19.8 Å². The van der Waals surface area contributed by atoms with E-state index in [2.05, 4.69) is 152 Å². The van der Waals surface area contributed by atoms with Crippen molar-refractivity contribution in [3.05, 3.63) is 96.1 Å². The van der Waals surface area contributed by atoms with Crippen LogP contribution in [-0.4, -0.2) is 42.6 Å². The van der Waals surface area contributed by atoms with Gasteiger partial charge >= 0.3 is 0 Å². The van der Waals surface area contributed by atoms with Crippen LogP contribution in [0.15, 0.2) is 85.0 Å².